The summed E-state index contributed by atoms with van der Waals surface area (Å²) in [4.78, 5) is 0. The van der Waals surface area contributed by atoms with Crippen LogP contribution >= 0.6 is 11.6 Å². The molecule has 1 aromatic heterocycles. The minimum Gasteiger partial charge on any atom is -0.397 e. The summed E-state index contributed by atoms with van der Waals surface area (Å²) in [5.41, 5.74) is 6.96. The van der Waals surface area contributed by atoms with Crippen molar-refractivity contribution in [3.63, 3.8) is 0 Å². The zero-order chi connectivity index (χ0) is 9.26. The van der Waals surface area contributed by atoms with Crippen LogP contribution in [0.1, 0.15) is 0 Å². The minimum atomic E-state index is 0.580. The summed E-state index contributed by atoms with van der Waals surface area (Å²) in [5, 5.41) is 11.3. The third-order valence-corrected chi connectivity index (χ3v) is 1.82. The first-order valence-electron chi connectivity index (χ1n) is 3.56. The molecule has 0 spiro atoms. The second-order valence-corrected chi connectivity index (χ2v) is 2.89. The Morgan fingerprint density at radius 3 is 2.92 bits per heavy atom. The normalized spacial score (nSPS) is 10.2. The van der Waals surface area contributed by atoms with Crippen LogP contribution in [0.5, 0.6) is 0 Å². The molecule has 0 saturated carbocycles. The van der Waals surface area contributed by atoms with E-state index in [0.717, 1.165) is 0 Å². The first-order chi connectivity index (χ1) is 6.27. The van der Waals surface area contributed by atoms with E-state index in [1.165, 1.54) is 11.0 Å². The number of hydrogen-bond donors (Lipinski definition) is 1. The highest BCUT2D eigenvalue weighted by Crippen LogP contribution is 2.20. The molecule has 2 N–H and O–H groups in total. The number of nitrogens with zero attached hydrogens (tertiary/aromatic N) is 4. The fourth-order valence-electron chi connectivity index (χ4n) is 0.987. The van der Waals surface area contributed by atoms with Crippen molar-refractivity contribution in [2.45, 2.75) is 0 Å². The van der Waals surface area contributed by atoms with Crippen molar-refractivity contribution in [3.8, 4) is 5.69 Å². The Balaban J connectivity index is 2.57. The van der Waals surface area contributed by atoms with E-state index in [1.54, 1.807) is 18.2 Å². The van der Waals surface area contributed by atoms with Crippen molar-refractivity contribution in [2.24, 2.45) is 0 Å². The van der Waals surface area contributed by atoms with E-state index in [-0.39, 0.29) is 0 Å². The van der Waals surface area contributed by atoms with Gasteiger partial charge < -0.3 is 5.73 Å². The summed E-state index contributed by atoms with van der Waals surface area (Å²) >= 11 is 5.80. The van der Waals surface area contributed by atoms with Crippen LogP contribution in [0.25, 0.3) is 5.69 Å². The summed E-state index contributed by atoms with van der Waals surface area (Å²) in [6, 6.07) is 5.12. The van der Waals surface area contributed by atoms with Gasteiger partial charge in [0.15, 0.2) is 0 Å². The summed E-state index contributed by atoms with van der Waals surface area (Å²) in [6.07, 6.45) is 1.46. The maximum atomic E-state index is 5.80. The Morgan fingerprint density at radius 2 is 2.23 bits per heavy atom. The van der Waals surface area contributed by atoms with Crippen LogP contribution in [-0.4, -0.2) is 20.2 Å². The van der Waals surface area contributed by atoms with Crippen molar-refractivity contribution >= 4 is 17.3 Å². The standard InChI is InChI=1S/C7H6ClN5/c8-5-1-2-6(9)7(3-5)13-4-10-11-12-13/h1-4H,9H2. The molecule has 0 aliphatic carbocycles. The van der Waals surface area contributed by atoms with Gasteiger partial charge in [0.1, 0.15) is 6.33 Å². The average molecular weight is 196 g/mol. The molecule has 1 heterocycles. The summed E-state index contributed by atoms with van der Waals surface area (Å²) in [6.45, 7) is 0. The van der Waals surface area contributed by atoms with Crippen molar-refractivity contribution in [2.75, 3.05) is 5.73 Å². The maximum Gasteiger partial charge on any atom is 0.143 e. The average Bonchev–Trinajstić information content (AvgIpc) is 2.61. The Kier molecular flexibility index (Phi) is 1.86. The molecule has 1 aromatic carbocycles. The molecule has 66 valence electrons. The monoisotopic (exact) mass is 195 g/mol. The second-order valence-electron chi connectivity index (χ2n) is 2.46. The molecule has 0 unspecified atom stereocenters. The first-order valence-corrected chi connectivity index (χ1v) is 3.93. The van der Waals surface area contributed by atoms with Crippen LogP contribution in [0, 0.1) is 0 Å². The van der Waals surface area contributed by atoms with E-state index in [4.69, 9.17) is 17.3 Å². The highest BCUT2D eigenvalue weighted by Gasteiger charge is 2.03. The molecular formula is C7H6ClN5. The van der Waals surface area contributed by atoms with Gasteiger partial charge in [0.05, 0.1) is 11.4 Å². The highest BCUT2D eigenvalue weighted by atomic mass is 35.5. The molecule has 2 aromatic rings. The van der Waals surface area contributed by atoms with Crippen LogP contribution < -0.4 is 5.73 Å². The van der Waals surface area contributed by atoms with Gasteiger partial charge in [-0.1, -0.05) is 11.6 Å². The van der Waals surface area contributed by atoms with E-state index >= 15 is 0 Å². The zero-order valence-electron chi connectivity index (χ0n) is 6.55. The lowest BCUT2D eigenvalue weighted by molar-refractivity contribution is 0.790. The molecular weight excluding hydrogens is 190 g/mol. The van der Waals surface area contributed by atoms with E-state index < -0.39 is 0 Å². The number of aromatic nitrogens is 4. The lowest BCUT2D eigenvalue weighted by Crippen LogP contribution is -2.00. The number of tetrazole rings is 1. The Bertz CT molecular complexity index is 411. The lowest BCUT2D eigenvalue weighted by atomic mass is 10.3. The van der Waals surface area contributed by atoms with Crippen LogP contribution in [-0.2, 0) is 0 Å². The van der Waals surface area contributed by atoms with Crippen molar-refractivity contribution < 1.29 is 0 Å². The van der Waals surface area contributed by atoms with Gasteiger partial charge in [0.25, 0.3) is 0 Å². The third kappa shape index (κ3) is 1.46. The number of benzene rings is 1. The van der Waals surface area contributed by atoms with Crippen molar-refractivity contribution in [1.82, 2.24) is 20.2 Å². The van der Waals surface area contributed by atoms with Crippen LogP contribution in [0.2, 0.25) is 5.02 Å². The van der Waals surface area contributed by atoms with Gasteiger partial charge in [-0.2, -0.15) is 4.68 Å². The fraction of sp³-hybridized carbons (Fsp3) is 0. The molecule has 0 atom stereocenters. The third-order valence-electron chi connectivity index (χ3n) is 1.59. The Labute approximate surface area is 79.1 Å². The van der Waals surface area contributed by atoms with E-state index in [2.05, 4.69) is 15.5 Å². The molecule has 0 bridgehead atoms. The van der Waals surface area contributed by atoms with Gasteiger partial charge in [-0.05, 0) is 28.6 Å². The number of hydrogen-bond acceptors (Lipinski definition) is 4. The molecule has 0 aliphatic heterocycles. The van der Waals surface area contributed by atoms with Gasteiger partial charge in [-0.3, -0.25) is 0 Å². The largest absolute Gasteiger partial charge is 0.397 e. The first kappa shape index (κ1) is 8.00. The molecule has 6 heteroatoms. The molecule has 5 nitrogen and oxygen atoms in total. The molecule has 0 radical (unpaired) electrons. The number of nitrogens with two attached hydrogens (primary N) is 1. The maximum absolute atomic E-state index is 5.80. The van der Waals surface area contributed by atoms with Crippen LogP contribution in [0.4, 0.5) is 5.69 Å². The van der Waals surface area contributed by atoms with Crippen LogP contribution in [0.15, 0.2) is 24.5 Å². The predicted octanol–water partition coefficient (Wildman–Crippen LogP) is 0.898. The molecule has 0 fully saturated rings. The molecule has 0 saturated heterocycles. The van der Waals surface area contributed by atoms with Gasteiger partial charge in [0, 0.05) is 5.02 Å². The van der Waals surface area contributed by atoms with E-state index in [0.29, 0.717) is 16.4 Å². The second kappa shape index (κ2) is 3.02. The van der Waals surface area contributed by atoms with E-state index in [1.807, 2.05) is 0 Å². The van der Waals surface area contributed by atoms with Gasteiger partial charge in [-0.15, -0.1) is 5.10 Å². The number of nitrogen functional groups attached to an aromatic ring is 1. The molecule has 2 rings (SSSR count). The van der Waals surface area contributed by atoms with Gasteiger partial charge in [-0.25, -0.2) is 0 Å². The molecule has 0 aliphatic rings. The zero-order valence-corrected chi connectivity index (χ0v) is 7.31. The fourth-order valence-corrected chi connectivity index (χ4v) is 1.15. The molecule has 13 heavy (non-hydrogen) atoms. The van der Waals surface area contributed by atoms with Gasteiger partial charge in [0.2, 0.25) is 0 Å². The minimum absolute atomic E-state index is 0.580. The number of anilines is 1. The SMILES string of the molecule is Nc1ccc(Cl)cc1-n1cnnn1. The van der Waals surface area contributed by atoms with E-state index in [9.17, 15) is 0 Å². The predicted molar refractivity (Wildman–Crippen MR) is 48.6 cm³/mol. The van der Waals surface area contributed by atoms with Crippen molar-refractivity contribution in [1.29, 1.82) is 0 Å². The Hall–Kier alpha value is -1.62. The molecule has 0 amide bonds. The number of halogens is 1. The van der Waals surface area contributed by atoms with Gasteiger partial charge >= 0.3 is 0 Å². The van der Waals surface area contributed by atoms with Crippen LogP contribution in [0.3, 0.4) is 0 Å². The van der Waals surface area contributed by atoms with Crippen molar-refractivity contribution in [3.05, 3.63) is 29.5 Å². The smallest absolute Gasteiger partial charge is 0.143 e. The number of rotatable bonds is 1. The quantitative estimate of drug-likeness (QED) is 0.687. The lowest BCUT2D eigenvalue weighted by Gasteiger charge is -2.03. The highest BCUT2D eigenvalue weighted by molar-refractivity contribution is 6.30. The topological polar surface area (TPSA) is 69.6 Å². The summed E-state index contributed by atoms with van der Waals surface area (Å²) in [5.74, 6) is 0. The summed E-state index contributed by atoms with van der Waals surface area (Å²) in [7, 11) is 0. The summed E-state index contributed by atoms with van der Waals surface area (Å²) < 4.78 is 1.46. The Morgan fingerprint density at radius 1 is 1.38 bits per heavy atom.